The molecule has 0 spiro atoms. The van der Waals surface area contributed by atoms with E-state index >= 15 is 0 Å². The van der Waals surface area contributed by atoms with Gasteiger partial charge in [0.2, 0.25) is 0 Å². The van der Waals surface area contributed by atoms with Crippen molar-refractivity contribution in [2.75, 3.05) is 39.6 Å². The minimum atomic E-state index is -5.04. The van der Waals surface area contributed by atoms with Crippen LogP contribution in [0.25, 0.3) is 0 Å². The lowest BCUT2D eigenvalue weighted by Crippen LogP contribution is -2.30. The van der Waals surface area contributed by atoms with Gasteiger partial charge in [-0.3, -0.25) is 37.3 Å². The van der Waals surface area contributed by atoms with Crippen molar-refractivity contribution in [1.82, 2.24) is 0 Å². The normalized spacial score (nSPS) is 15.0. The van der Waals surface area contributed by atoms with Gasteiger partial charge in [0.25, 0.3) is 0 Å². The summed E-state index contributed by atoms with van der Waals surface area (Å²) in [6, 6.07) is 0. The van der Waals surface area contributed by atoms with Crippen LogP contribution in [-0.4, -0.2) is 96.7 Å². The van der Waals surface area contributed by atoms with E-state index in [0.717, 1.165) is 116 Å². The third-order valence-electron chi connectivity index (χ3n) is 16.0. The number of esters is 4. The van der Waals surface area contributed by atoms with Crippen LogP contribution in [0.15, 0.2) is 255 Å². The zero-order valence-corrected chi connectivity index (χ0v) is 71.4. The Hall–Kier alpha value is -7.40. The van der Waals surface area contributed by atoms with Crippen LogP contribution in [0.4, 0.5) is 0 Å². The van der Waals surface area contributed by atoms with Gasteiger partial charge >= 0.3 is 39.5 Å². The summed E-state index contributed by atoms with van der Waals surface area (Å²) in [5.74, 6) is -2.57. The molecule has 0 aromatic carbocycles. The number of phosphoric ester groups is 2. The number of ether oxygens (including phenoxy) is 4. The molecule has 0 aromatic rings. The third kappa shape index (κ3) is 82.6. The molecule has 0 aliphatic heterocycles. The first kappa shape index (κ1) is 107. The Kier molecular flexibility index (Phi) is 78.1. The third-order valence-corrected chi connectivity index (χ3v) is 17.9. The van der Waals surface area contributed by atoms with E-state index in [0.29, 0.717) is 51.4 Å². The van der Waals surface area contributed by atoms with Crippen molar-refractivity contribution in [3.8, 4) is 0 Å². The molecule has 0 radical (unpaired) electrons. The van der Waals surface area contributed by atoms with Gasteiger partial charge in [-0.05, 0) is 180 Å². The highest BCUT2D eigenvalue weighted by molar-refractivity contribution is 7.47. The molecular weight excluding hydrogens is 1470 g/mol. The number of carbonyl (C=O) groups is 4. The molecule has 2 unspecified atom stereocenters. The summed E-state index contributed by atoms with van der Waals surface area (Å²) in [6.07, 6.45) is 112. The molecule has 3 N–H and O–H groups in total. The molecule has 0 aliphatic rings. The van der Waals surface area contributed by atoms with Gasteiger partial charge in [-0.1, -0.05) is 309 Å². The summed E-state index contributed by atoms with van der Waals surface area (Å²) in [4.78, 5) is 73.1. The van der Waals surface area contributed by atoms with Crippen LogP contribution in [0.2, 0.25) is 0 Å². The average molecular weight is 1620 g/mol. The van der Waals surface area contributed by atoms with Crippen molar-refractivity contribution in [2.24, 2.45) is 0 Å². The maximum absolute atomic E-state index is 13.1. The monoisotopic (exact) mass is 1620 g/mol. The van der Waals surface area contributed by atoms with E-state index in [1.165, 1.54) is 38.5 Å². The Morgan fingerprint density at radius 1 is 0.254 bits per heavy atom. The number of hydrogen-bond donors (Lipinski definition) is 3. The summed E-state index contributed by atoms with van der Waals surface area (Å²) in [7, 11) is -10.1. The van der Waals surface area contributed by atoms with Gasteiger partial charge in [0.05, 0.1) is 26.4 Å². The Morgan fingerprint density at radius 3 is 0.719 bits per heavy atom. The zero-order valence-electron chi connectivity index (χ0n) is 69.6. The number of unbranched alkanes of at least 4 members (excludes halogenated alkanes) is 7. The number of phosphoric acid groups is 2. The van der Waals surface area contributed by atoms with Gasteiger partial charge < -0.3 is 33.8 Å². The van der Waals surface area contributed by atoms with Crippen molar-refractivity contribution in [3.05, 3.63) is 255 Å². The van der Waals surface area contributed by atoms with E-state index in [4.69, 9.17) is 37.0 Å². The second kappa shape index (κ2) is 83.5. The maximum atomic E-state index is 13.1. The Labute approximate surface area is 688 Å². The van der Waals surface area contributed by atoms with E-state index in [1.54, 1.807) is 0 Å². The van der Waals surface area contributed by atoms with Gasteiger partial charge in [0.1, 0.15) is 19.3 Å². The van der Waals surface area contributed by atoms with Crippen molar-refractivity contribution in [3.63, 3.8) is 0 Å². The zero-order chi connectivity index (χ0) is 83.1. The molecule has 0 amide bonds. The van der Waals surface area contributed by atoms with Crippen molar-refractivity contribution >= 4 is 39.5 Å². The van der Waals surface area contributed by atoms with E-state index in [2.05, 4.69) is 216 Å². The summed E-state index contributed by atoms with van der Waals surface area (Å²) >= 11 is 0. The molecule has 5 atom stereocenters. The van der Waals surface area contributed by atoms with E-state index < -0.39 is 97.5 Å². The molecule has 0 heterocycles. The van der Waals surface area contributed by atoms with Crippen molar-refractivity contribution < 1.29 is 80.2 Å². The number of carbonyl (C=O) groups excluding carboxylic acids is 4. The lowest BCUT2D eigenvalue weighted by atomic mass is 10.2. The van der Waals surface area contributed by atoms with Gasteiger partial charge in [0, 0.05) is 25.7 Å². The molecular formula is C95H144O17P2. The first-order valence-corrected chi connectivity index (χ1v) is 44.9. The molecule has 636 valence electrons. The highest BCUT2D eigenvalue weighted by Crippen LogP contribution is 2.45. The molecule has 0 aromatic heterocycles. The van der Waals surface area contributed by atoms with Gasteiger partial charge in [-0.2, -0.15) is 0 Å². The minimum absolute atomic E-state index is 0.00709. The predicted molar refractivity (Wildman–Crippen MR) is 472 cm³/mol. The van der Waals surface area contributed by atoms with E-state index in [-0.39, 0.29) is 25.7 Å². The van der Waals surface area contributed by atoms with Crippen LogP contribution in [0.1, 0.15) is 259 Å². The van der Waals surface area contributed by atoms with E-state index in [1.807, 2.05) is 66.8 Å². The maximum Gasteiger partial charge on any atom is 0.472 e. The SMILES string of the molecule is CC/C=C\C/C=C\C/C=C\C/C=C\C/C=C\C/C=C\CCC(=O)O[C@H](COC(=O)CC/C=C\C/C=C\C/C=C\C/C=C\C/C=C\CCCCC)COP(=O)(O)OC[C@@H](O)COP(=O)(O)OC[C@@H](COC(=O)CCC/C=C\C/C=C\C/C=C\C/C=C\CCCCC)OC(=O)CC/C=C\C/C=C\C/C=C\C/C=C\C/C=C\C/C=C\CC. The number of allylic oxidation sites excluding steroid dienone is 42. The quantitative estimate of drug-likeness (QED) is 0.0169. The highest BCUT2D eigenvalue weighted by atomic mass is 31.2. The fraction of sp³-hybridized carbons (Fsp3) is 0.516. The first-order chi connectivity index (χ1) is 55.7. The largest absolute Gasteiger partial charge is 0.472 e. The number of aliphatic hydroxyl groups is 1. The molecule has 0 bridgehead atoms. The molecule has 0 saturated heterocycles. The average Bonchev–Trinajstić information content (AvgIpc) is 0.897. The molecule has 19 heteroatoms. The molecule has 17 nitrogen and oxygen atoms in total. The fourth-order valence-corrected chi connectivity index (χ4v) is 11.3. The summed E-state index contributed by atoms with van der Waals surface area (Å²) < 4.78 is 68.4. The molecule has 0 fully saturated rings. The van der Waals surface area contributed by atoms with Crippen LogP contribution < -0.4 is 0 Å². The van der Waals surface area contributed by atoms with Crippen LogP contribution in [0.5, 0.6) is 0 Å². The van der Waals surface area contributed by atoms with Gasteiger partial charge in [-0.25, -0.2) is 9.13 Å². The number of aliphatic hydroxyl groups excluding tert-OH is 1. The van der Waals surface area contributed by atoms with Crippen LogP contribution >= 0.6 is 15.6 Å². The second-order valence-electron chi connectivity index (χ2n) is 26.6. The van der Waals surface area contributed by atoms with Crippen LogP contribution in [-0.2, 0) is 65.4 Å². The van der Waals surface area contributed by atoms with Gasteiger partial charge in [0.15, 0.2) is 12.2 Å². The second-order valence-corrected chi connectivity index (χ2v) is 29.5. The summed E-state index contributed by atoms with van der Waals surface area (Å²) in [5.41, 5.74) is 0. The molecule has 114 heavy (non-hydrogen) atoms. The highest BCUT2D eigenvalue weighted by Gasteiger charge is 2.30. The standard InChI is InChI=1S/C95H144O17P2/c1-5-9-13-17-21-25-29-33-37-41-44-48-52-56-60-64-68-72-76-80-93(98)106-86-91(112-95(100)82-78-74-70-66-62-58-54-50-46-43-39-35-31-27-23-19-15-11-7-3)88-110-114(103,104)108-84-89(96)83-107-113(101,102)109-87-90(85-105-92(97)79-75-71-67-63-59-55-51-47-40-36-32-28-24-20-16-12-8-4)111-94(99)81-77-73-69-65-61-57-53-49-45-42-38-34-30-26-22-18-14-10-6-2/h10-11,14-15,21-28,33-40,44-46,48-51,55-58,60-63,67-70,72-74,89-91,96H,5-9,12-13,16-20,29-32,41-43,47,52-54,59,64-66,71,75-88H2,1-4H3,(H,101,102)(H,103,104)/b14-10-,15-11-,25-21-,26-22-,27-23-,28-24-,37-33-,38-34-,39-35-,40-36-,48-44-,49-45-,50-46-,55-51-,60-56-,61-57-,62-58-,67-63-,72-68-,73-69-,74-70-/t89-,90+,91+/m0/s1. The number of rotatable bonds is 75. The first-order valence-electron chi connectivity index (χ1n) is 41.9. The predicted octanol–water partition coefficient (Wildman–Crippen LogP) is 25.3. The van der Waals surface area contributed by atoms with E-state index in [9.17, 15) is 43.2 Å². The Bertz CT molecular complexity index is 3170. The summed E-state index contributed by atoms with van der Waals surface area (Å²) in [5, 5.41) is 10.7. The van der Waals surface area contributed by atoms with Crippen LogP contribution in [0.3, 0.4) is 0 Å². The molecule has 0 aliphatic carbocycles. The van der Waals surface area contributed by atoms with Crippen LogP contribution in [0, 0.1) is 0 Å². The molecule has 0 saturated carbocycles. The fourth-order valence-electron chi connectivity index (χ4n) is 9.72. The topological polar surface area (TPSA) is 237 Å². The minimum Gasteiger partial charge on any atom is -0.462 e. The Morgan fingerprint density at radius 2 is 0.465 bits per heavy atom. The van der Waals surface area contributed by atoms with Gasteiger partial charge in [-0.15, -0.1) is 0 Å². The van der Waals surface area contributed by atoms with Crippen molar-refractivity contribution in [2.45, 2.75) is 277 Å². The smallest absolute Gasteiger partial charge is 0.462 e. The van der Waals surface area contributed by atoms with Crippen molar-refractivity contribution in [1.29, 1.82) is 0 Å². The lowest BCUT2D eigenvalue weighted by Gasteiger charge is -2.21. The number of hydrogen-bond acceptors (Lipinski definition) is 15. The summed E-state index contributed by atoms with van der Waals surface area (Å²) in [6.45, 7) is 4.22. The Balaban J connectivity index is 5.68. The lowest BCUT2D eigenvalue weighted by molar-refractivity contribution is -0.161. The molecule has 0 rings (SSSR count).